The van der Waals surface area contributed by atoms with E-state index in [1.54, 1.807) is 13.1 Å². The summed E-state index contributed by atoms with van der Waals surface area (Å²) in [6, 6.07) is 8.60. The molecule has 4 nitrogen and oxygen atoms in total. The Morgan fingerprint density at radius 1 is 1.39 bits per heavy atom. The molecule has 0 aliphatic heterocycles. The Morgan fingerprint density at radius 2 is 2.17 bits per heavy atom. The number of halogens is 2. The molecule has 1 N–H and O–H groups in total. The highest BCUT2D eigenvalue weighted by molar-refractivity contribution is 6.31. The normalized spacial score (nSPS) is 11.6. The molecule has 23 heavy (non-hydrogen) atoms. The first-order valence-electron chi connectivity index (χ1n) is 7.47. The third kappa shape index (κ3) is 4.73. The number of guanidine groups is 1. The maximum absolute atomic E-state index is 13.0. The van der Waals surface area contributed by atoms with Gasteiger partial charge in [0.25, 0.3) is 0 Å². The minimum Gasteiger partial charge on any atom is -0.356 e. The van der Waals surface area contributed by atoms with Crippen LogP contribution in [-0.4, -0.2) is 36.1 Å². The highest BCUT2D eigenvalue weighted by atomic mass is 35.5. The van der Waals surface area contributed by atoms with Crippen LogP contribution in [0.2, 0.25) is 5.02 Å². The molecule has 1 aromatic heterocycles. The molecule has 1 heterocycles. The van der Waals surface area contributed by atoms with E-state index in [1.165, 1.54) is 17.8 Å². The molecule has 0 amide bonds. The van der Waals surface area contributed by atoms with Gasteiger partial charge in [-0.1, -0.05) is 17.7 Å². The lowest BCUT2D eigenvalue weighted by Crippen LogP contribution is -2.39. The van der Waals surface area contributed by atoms with Gasteiger partial charge < -0.3 is 14.8 Å². The Labute approximate surface area is 141 Å². The summed E-state index contributed by atoms with van der Waals surface area (Å²) in [6.45, 7) is 1.44. The predicted octanol–water partition coefficient (Wildman–Crippen LogP) is 3.07. The third-order valence-corrected chi connectivity index (χ3v) is 4.07. The topological polar surface area (TPSA) is 32.6 Å². The lowest BCUT2D eigenvalue weighted by Gasteiger charge is -2.22. The smallest absolute Gasteiger partial charge is 0.193 e. The van der Waals surface area contributed by atoms with Crippen LogP contribution >= 0.6 is 11.6 Å². The van der Waals surface area contributed by atoms with Crippen molar-refractivity contribution in [2.45, 2.75) is 13.0 Å². The molecule has 6 heteroatoms. The molecule has 124 valence electrons. The van der Waals surface area contributed by atoms with Crippen LogP contribution in [-0.2, 0) is 20.0 Å². The van der Waals surface area contributed by atoms with Gasteiger partial charge in [-0.3, -0.25) is 4.99 Å². The third-order valence-electron chi connectivity index (χ3n) is 3.72. The first-order valence-corrected chi connectivity index (χ1v) is 7.85. The maximum atomic E-state index is 13.0. The van der Waals surface area contributed by atoms with E-state index < -0.39 is 0 Å². The van der Waals surface area contributed by atoms with Crippen LogP contribution in [0, 0.1) is 5.82 Å². The van der Waals surface area contributed by atoms with Gasteiger partial charge in [0.1, 0.15) is 5.82 Å². The van der Waals surface area contributed by atoms with Crippen LogP contribution in [0.4, 0.5) is 4.39 Å². The van der Waals surface area contributed by atoms with E-state index in [0.29, 0.717) is 18.0 Å². The zero-order valence-electron chi connectivity index (χ0n) is 13.7. The zero-order valence-corrected chi connectivity index (χ0v) is 14.4. The average molecular weight is 337 g/mol. The van der Waals surface area contributed by atoms with Crippen LogP contribution < -0.4 is 5.32 Å². The summed E-state index contributed by atoms with van der Waals surface area (Å²) in [5.41, 5.74) is 2.12. The Balaban J connectivity index is 1.88. The van der Waals surface area contributed by atoms with Gasteiger partial charge in [-0.05, 0) is 36.2 Å². The number of aromatic nitrogens is 1. The van der Waals surface area contributed by atoms with E-state index >= 15 is 0 Å². The molecule has 0 aliphatic carbocycles. The number of aliphatic imine (C=N–C) groups is 1. The Bertz CT molecular complexity index is 681. The van der Waals surface area contributed by atoms with Gasteiger partial charge in [-0.15, -0.1) is 0 Å². The molecule has 2 aromatic rings. The number of nitrogens with zero attached hydrogens (tertiary/aromatic N) is 3. The van der Waals surface area contributed by atoms with Crippen LogP contribution in [0.5, 0.6) is 0 Å². The molecular weight excluding hydrogens is 315 g/mol. The van der Waals surface area contributed by atoms with Gasteiger partial charge >= 0.3 is 0 Å². The molecule has 0 saturated heterocycles. The van der Waals surface area contributed by atoms with Crippen molar-refractivity contribution in [2.24, 2.45) is 12.0 Å². The fourth-order valence-corrected chi connectivity index (χ4v) is 2.66. The summed E-state index contributed by atoms with van der Waals surface area (Å²) in [6.07, 6.45) is 2.73. The summed E-state index contributed by atoms with van der Waals surface area (Å²) in [5, 5.41) is 3.76. The molecule has 0 saturated carbocycles. The van der Waals surface area contributed by atoms with E-state index in [-0.39, 0.29) is 5.82 Å². The van der Waals surface area contributed by atoms with Crippen molar-refractivity contribution >= 4 is 17.6 Å². The van der Waals surface area contributed by atoms with Crippen molar-refractivity contribution in [3.05, 3.63) is 58.6 Å². The Kier molecular flexibility index (Phi) is 6.04. The number of benzene rings is 1. The predicted molar refractivity (Wildman–Crippen MR) is 93.4 cm³/mol. The average Bonchev–Trinajstić information content (AvgIpc) is 2.90. The van der Waals surface area contributed by atoms with Gasteiger partial charge in [-0.25, -0.2) is 4.39 Å². The lowest BCUT2D eigenvalue weighted by molar-refractivity contribution is 0.462. The summed E-state index contributed by atoms with van der Waals surface area (Å²) >= 11 is 6.04. The van der Waals surface area contributed by atoms with Gasteiger partial charge in [0.2, 0.25) is 0 Å². The van der Waals surface area contributed by atoms with Crippen molar-refractivity contribution in [2.75, 3.05) is 20.6 Å². The first-order chi connectivity index (χ1) is 11.0. The molecule has 0 spiro atoms. The van der Waals surface area contributed by atoms with E-state index in [9.17, 15) is 4.39 Å². The van der Waals surface area contributed by atoms with E-state index in [2.05, 4.69) is 25.8 Å². The Hall–Kier alpha value is -2.01. The number of hydrogen-bond donors (Lipinski definition) is 1. The molecular formula is C17H22ClFN4. The number of rotatable bonds is 5. The van der Waals surface area contributed by atoms with E-state index in [1.807, 2.05) is 26.4 Å². The summed E-state index contributed by atoms with van der Waals surface area (Å²) in [5.74, 6) is 0.495. The van der Waals surface area contributed by atoms with Crippen LogP contribution in [0.1, 0.15) is 11.3 Å². The van der Waals surface area contributed by atoms with Crippen molar-refractivity contribution < 1.29 is 4.39 Å². The largest absolute Gasteiger partial charge is 0.356 e. The molecule has 0 unspecified atom stereocenters. The van der Waals surface area contributed by atoms with E-state index in [4.69, 9.17) is 11.6 Å². The second-order valence-electron chi connectivity index (χ2n) is 5.43. The number of aryl methyl sites for hydroxylation is 1. The summed E-state index contributed by atoms with van der Waals surface area (Å²) < 4.78 is 15.1. The van der Waals surface area contributed by atoms with Crippen LogP contribution in [0.25, 0.3) is 0 Å². The minimum atomic E-state index is -0.315. The first kappa shape index (κ1) is 17.3. The molecule has 0 atom stereocenters. The van der Waals surface area contributed by atoms with Gasteiger partial charge in [-0.2, -0.15) is 0 Å². The molecule has 1 aromatic carbocycles. The maximum Gasteiger partial charge on any atom is 0.193 e. The quantitative estimate of drug-likeness (QED) is 0.672. The summed E-state index contributed by atoms with van der Waals surface area (Å²) in [7, 11) is 5.78. The van der Waals surface area contributed by atoms with Gasteiger partial charge in [0.05, 0.1) is 6.54 Å². The fraction of sp³-hybridized carbons (Fsp3) is 0.353. The minimum absolute atomic E-state index is 0.315. The number of hydrogen-bond acceptors (Lipinski definition) is 1. The van der Waals surface area contributed by atoms with Crippen molar-refractivity contribution in [1.82, 2.24) is 14.8 Å². The SMILES string of the molecule is CN=C(NCCc1ccc(F)cc1Cl)N(C)Cc1cccn1C. The zero-order chi connectivity index (χ0) is 16.8. The van der Waals surface area contributed by atoms with Crippen molar-refractivity contribution in [1.29, 1.82) is 0 Å². The van der Waals surface area contributed by atoms with Crippen molar-refractivity contribution in [3.63, 3.8) is 0 Å². The van der Waals surface area contributed by atoms with Crippen LogP contribution in [0.3, 0.4) is 0 Å². The van der Waals surface area contributed by atoms with Crippen molar-refractivity contribution in [3.8, 4) is 0 Å². The highest BCUT2D eigenvalue weighted by Crippen LogP contribution is 2.17. The van der Waals surface area contributed by atoms with Gasteiger partial charge in [0.15, 0.2) is 5.96 Å². The van der Waals surface area contributed by atoms with E-state index in [0.717, 1.165) is 18.1 Å². The van der Waals surface area contributed by atoms with Crippen LogP contribution in [0.15, 0.2) is 41.5 Å². The molecule has 0 fully saturated rings. The Morgan fingerprint density at radius 3 is 2.78 bits per heavy atom. The monoisotopic (exact) mass is 336 g/mol. The standard InChI is InChI=1S/C17H22ClFN4/c1-20-17(23(3)12-15-5-4-10-22(15)2)21-9-8-13-6-7-14(19)11-16(13)18/h4-7,10-11H,8-9,12H2,1-3H3,(H,20,21). The van der Waals surface area contributed by atoms with Gasteiger partial charge in [0, 0.05) is 44.6 Å². The molecule has 0 radical (unpaired) electrons. The molecule has 2 rings (SSSR count). The fourth-order valence-electron chi connectivity index (χ4n) is 2.40. The molecule has 0 bridgehead atoms. The second kappa shape index (κ2) is 8.02. The highest BCUT2D eigenvalue weighted by Gasteiger charge is 2.08. The summed E-state index contributed by atoms with van der Waals surface area (Å²) in [4.78, 5) is 6.35. The lowest BCUT2D eigenvalue weighted by atomic mass is 10.1. The number of nitrogens with one attached hydrogen (secondary N) is 1. The molecule has 0 aliphatic rings. The second-order valence-corrected chi connectivity index (χ2v) is 5.83.